The second kappa shape index (κ2) is 5.97. The second-order valence-electron chi connectivity index (χ2n) is 5.60. The molecule has 0 radical (unpaired) electrons. The van der Waals surface area contributed by atoms with Crippen molar-refractivity contribution in [3.05, 3.63) is 22.6 Å². The van der Waals surface area contributed by atoms with Crippen molar-refractivity contribution < 1.29 is 4.79 Å². The molecule has 1 aliphatic rings. The predicted molar refractivity (Wildman–Crippen MR) is 84.7 cm³/mol. The Morgan fingerprint density at radius 3 is 2.86 bits per heavy atom. The molecule has 0 aromatic carbocycles. The summed E-state index contributed by atoms with van der Waals surface area (Å²) in [7, 11) is 0. The predicted octanol–water partition coefficient (Wildman–Crippen LogP) is 2.80. The zero-order valence-corrected chi connectivity index (χ0v) is 13.1. The standard InChI is InChI=1S/C15H20N4OS/c1-11-5-6-12-14(16-11)19(15(21)17-12)10-7-13(20)18-8-3-2-4-9-18/h5-6H,2-4,7-10H2,1H3,(H,17,21). The number of carbonyl (C=O) groups excluding carboxylic acids is 1. The van der Waals surface area contributed by atoms with Crippen molar-refractivity contribution in [1.82, 2.24) is 19.4 Å². The Balaban J connectivity index is 1.75. The number of fused-ring (bicyclic) bond motifs is 1. The number of hydrogen-bond donors (Lipinski definition) is 1. The first-order valence-electron chi connectivity index (χ1n) is 7.49. The minimum Gasteiger partial charge on any atom is -0.343 e. The molecule has 0 bridgehead atoms. The third kappa shape index (κ3) is 3.00. The fourth-order valence-electron chi connectivity index (χ4n) is 2.84. The Bertz CT molecular complexity index is 712. The van der Waals surface area contributed by atoms with Crippen LogP contribution in [0.15, 0.2) is 12.1 Å². The molecule has 0 atom stereocenters. The maximum atomic E-state index is 12.3. The van der Waals surface area contributed by atoms with E-state index in [1.165, 1.54) is 6.42 Å². The molecular weight excluding hydrogens is 284 g/mol. The molecule has 0 saturated carbocycles. The van der Waals surface area contributed by atoms with Crippen LogP contribution in [0.1, 0.15) is 31.4 Å². The maximum absolute atomic E-state index is 12.3. The number of nitrogens with zero attached hydrogens (tertiary/aromatic N) is 3. The highest BCUT2D eigenvalue weighted by molar-refractivity contribution is 7.71. The van der Waals surface area contributed by atoms with E-state index in [4.69, 9.17) is 12.2 Å². The van der Waals surface area contributed by atoms with Crippen molar-refractivity contribution >= 4 is 29.3 Å². The SMILES string of the molecule is Cc1ccc2[nH]c(=S)n(CCC(=O)N3CCCCC3)c2n1. The summed E-state index contributed by atoms with van der Waals surface area (Å²) in [6, 6.07) is 3.94. The van der Waals surface area contributed by atoms with E-state index >= 15 is 0 Å². The van der Waals surface area contributed by atoms with Gasteiger partial charge in [-0.15, -0.1) is 0 Å². The van der Waals surface area contributed by atoms with Crippen molar-refractivity contribution in [3.63, 3.8) is 0 Å². The van der Waals surface area contributed by atoms with Crippen molar-refractivity contribution in [1.29, 1.82) is 0 Å². The van der Waals surface area contributed by atoms with Crippen LogP contribution >= 0.6 is 12.2 Å². The number of hydrogen-bond acceptors (Lipinski definition) is 3. The number of carbonyl (C=O) groups is 1. The molecule has 1 amide bonds. The number of nitrogens with one attached hydrogen (secondary N) is 1. The number of piperidine rings is 1. The molecule has 1 saturated heterocycles. The smallest absolute Gasteiger partial charge is 0.224 e. The van der Waals surface area contributed by atoms with Gasteiger partial charge in [0.05, 0.1) is 5.52 Å². The van der Waals surface area contributed by atoms with Crippen LogP contribution in [-0.4, -0.2) is 38.4 Å². The number of aryl methyl sites for hydroxylation is 2. The number of aromatic nitrogens is 3. The second-order valence-corrected chi connectivity index (χ2v) is 5.98. The number of imidazole rings is 1. The summed E-state index contributed by atoms with van der Waals surface area (Å²) in [5, 5.41) is 0. The van der Waals surface area contributed by atoms with Crippen LogP contribution in [-0.2, 0) is 11.3 Å². The summed E-state index contributed by atoms with van der Waals surface area (Å²) in [6.07, 6.45) is 3.97. The number of amides is 1. The van der Waals surface area contributed by atoms with Gasteiger partial charge in [0, 0.05) is 31.7 Å². The molecule has 0 spiro atoms. The molecule has 0 aliphatic carbocycles. The monoisotopic (exact) mass is 304 g/mol. The van der Waals surface area contributed by atoms with E-state index in [1.807, 2.05) is 28.5 Å². The average molecular weight is 304 g/mol. The molecule has 21 heavy (non-hydrogen) atoms. The maximum Gasteiger partial charge on any atom is 0.224 e. The summed E-state index contributed by atoms with van der Waals surface area (Å²) in [6.45, 7) is 4.34. The molecular formula is C15H20N4OS. The Kier molecular flexibility index (Phi) is 4.05. The van der Waals surface area contributed by atoms with Crippen molar-refractivity contribution in [2.45, 2.75) is 39.2 Å². The third-order valence-electron chi connectivity index (χ3n) is 4.01. The quantitative estimate of drug-likeness (QED) is 0.887. The lowest BCUT2D eigenvalue weighted by Gasteiger charge is -2.26. The Morgan fingerprint density at radius 2 is 2.10 bits per heavy atom. The summed E-state index contributed by atoms with van der Waals surface area (Å²) >= 11 is 5.35. The molecule has 1 aliphatic heterocycles. The largest absolute Gasteiger partial charge is 0.343 e. The van der Waals surface area contributed by atoms with Gasteiger partial charge in [0.1, 0.15) is 0 Å². The van der Waals surface area contributed by atoms with Gasteiger partial charge in [-0.25, -0.2) is 4.98 Å². The van der Waals surface area contributed by atoms with E-state index in [0.717, 1.165) is 42.8 Å². The summed E-state index contributed by atoms with van der Waals surface area (Å²) in [5.41, 5.74) is 2.72. The number of H-pyrrole nitrogens is 1. The summed E-state index contributed by atoms with van der Waals surface area (Å²) in [4.78, 5) is 21.9. The molecule has 112 valence electrons. The minimum atomic E-state index is 0.221. The van der Waals surface area contributed by atoms with Gasteiger partial charge >= 0.3 is 0 Å². The molecule has 2 aromatic heterocycles. The van der Waals surface area contributed by atoms with Crippen LogP contribution in [0.2, 0.25) is 0 Å². The molecule has 2 aromatic rings. The first-order valence-corrected chi connectivity index (χ1v) is 7.90. The normalized spacial score (nSPS) is 15.6. The zero-order valence-electron chi connectivity index (χ0n) is 12.3. The highest BCUT2D eigenvalue weighted by Gasteiger charge is 2.17. The lowest BCUT2D eigenvalue weighted by Crippen LogP contribution is -2.36. The summed E-state index contributed by atoms with van der Waals surface area (Å²) < 4.78 is 2.56. The van der Waals surface area contributed by atoms with E-state index < -0.39 is 0 Å². The number of aromatic amines is 1. The third-order valence-corrected chi connectivity index (χ3v) is 4.34. The van der Waals surface area contributed by atoms with Crippen LogP contribution < -0.4 is 0 Å². The number of likely N-dealkylation sites (tertiary alicyclic amines) is 1. The molecule has 1 fully saturated rings. The van der Waals surface area contributed by atoms with Crippen molar-refractivity contribution in [2.75, 3.05) is 13.1 Å². The average Bonchev–Trinajstić information content (AvgIpc) is 2.80. The Hall–Kier alpha value is -1.69. The van der Waals surface area contributed by atoms with Gasteiger partial charge in [-0.3, -0.25) is 4.79 Å². The fourth-order valence-corrected chi connectivity index (χ4v) is 3.13. The van der Waals surface area contributed by atoms with Crippen LogP contribution in [0.25, 0.3) is 11.2 Å². The van der Waals surface area contributed by atoms with E-state index in [0.29, 0.717) is 17.7 Å². The molecule has 3 heterocycles. The minimum absolute atomic E-state index is 0.221. The van der Waals surface area contributed by atoms with Gasteiger partial charge in [-0.1, -0.05) is 0 Å². The van der Waals surface area contributed by atoms with Gasteiger partial charge in [-0.05, 0) is 50.5 Å². The molecule has 1 N–H and O–H groups in total. The molecule has 0 unspecified atom stereocenters. The van der Waals surface area contributed by atoms with Gasteiger partial charge in [-0.2, -0.15) is 0 Å². The zero-order chi connectivity index (χ0) is 14.8. The van der Waals surface area contributed by atoms with Crippen LogP contribution in [0, 0.1) is 11.7 Å². The fraction of sp³-hybridized carbons (Fsp3) is 0.533. The summed E-state index contributed by atoms with van der Waals surface area (Å²) in [5.74, 6) is 0.221. The topological polar surface area (TPSA) is 53.9 Å². The van der Waals surface area contributed by atoms with Crippen molar-refractivity contribution in [3.8, 4) is 0 Å². The van der Waals surface area contributed by atoms with Gasteiger partial charge in [0.25, 0.3) is 0 Å². The number of rotatable bonds is 3. The Labute approximate surface area is 129 Å². The van der Waals surface area contributed by atoms with Crippen LogP contribution in [0.5, 0.6) is 0 Å². The highest BCUT2D eigenvalue weighted by Crippen LogP contribution is 2.14. The lowest BCUT2D eigenvalue weighted by molar-refractivity contribution is -0.132. The Morgan fingerprint density at radius 1 is 1.33 bits per heavy atom. The van der Waals surface area contributed by atoms with E-state index in [2.05, 4.69) is 9.97 Å². The molecule has 6 heteroatoms. The number of pyridine rings is 1. The van der Waals surface area contributed by atoms with Gasteiger partial charge < -0.3 is 14.5 Å². The lowest BCUT2D eigenvalue weighted by atomic mass is 10.1. The first kappa shape index (κ1) is 14.3. The van der Waals surface area contributed by atoms with E-state index in [9.17, 15) is 4.79 Å². The van der Waals surface area contributed by atoms with Gasteiger partial charge in [0.15, 0.2) is 10.4 Å². The highest BCUT2D eigenvalue weighted by atomic mass is 32.1. The van der Waals surface area contributed by atoms with E-state index in [1.54, 1.807) is 0 Å². The first-order chi connectivity index (χ1) is 10.1. The molecule has 3 rings (SSSR count). The molecule has 5 nitrogen and oxygen atoms in total. The van der Waals surface area contributed by atoms with Gasteiger partial charge in [0.2, 0.25) is 5.91 Å². The van der Waals surface area contributed by atoms with E-state index in [-0.39, 0.29) is 5.91 Å². The van der Waals surface area contributed by atoms with Crippen LogP contribution in [0.4, 0.5) is 0 Å². The van der Waals surface area contributed by atoms with Crippen molar-refractivity contribution in [2.24, 2.45) is 0 Å². The van der Waals surface area contributed by atoms with Crippen LogP contribution in [0.3, 0.4) is 0 Å².